The van der Waals surface area contributed by atoms with Crippen molar-refractivity contribution in [2.45, 2.75) is 56.8 Å². The third-order valence-corrected chi connectivity index (χ3v) is 6.52. The van der Waals surface area contributed by atoms with E-state index in [1.165, 1.54) is 5.56 Å². The quantitative estimate of drug-likeness (QED) is 0.251. The predicted octanol–water partition coefficient (Wildman–Crippen LogP) is 2.66. The molecule has 2 aromatic rings. The Bertz CT molecular complexity index is 1120. The van der Waals surface area contributed by atoms with E-state index in [0.29, 0.717) is 31.6 Å². The van der Waals surface area contributed by atoms with Crippen molar-refractivity contribution in [3.05, 3.63) is 77.4 Å². The van der Waals surface area contributed by atoms with E-state index in [9.17, 15) is 24.6 Å². The molecule has 1 fully saturated rings. The minimum atomic E-state index is -2.74. The van der Waals surface area contributed by atoms with Gasteiger partial charge in [0.25, 0.3) is 0 Å². The Morgan fingerprint density at radius 2 is 1.50 bits per heavy atom. The molecule has 38 heavy (non-hydrogen) atoms. The van der Waals surface area contributed by atoms with Crippen LogP contribution in [0.4, 0.5) is 0 Å². The first-order valence-electron chi connectivity index (χ1n) is 12.1. The highest BCUT2D eigenvalue weighted by molar-refractivity contribution is 5.88. The van der Waals surface area contributed by atoms with Gasteiger partial charge in [0.1, 0.15) is 5.75 Å². The molecule has 1 aliphatic heterocycles. The Labute approximate surface area is 221 Å². The predicted molar refractivity (Wildman–Crippen MR) is 139 cm³/mol. The number of aliphatic hydroxyl groups is 2. The molecule has 10 heteroatoms. The van der Waals surface area contributed by atoms with Gasteiger partial charge in [-0.1, -0.05) is 54.1 Å². The summed E-state index contributed by atoms with van der Waals surface area (Å²) in [6.45, 7) is 8.14. The van der Waals surface area contributed by atoms with E-state index in [2.05, 4.69) is 30.5 Å². The van der Waals surface area contributed by atoms with Crippen molar-refractivity contribution < 1.29 is 45.0 Å². The zero-order valence-corrected chi connectivity index (χ0v) is 21.3. The summed E-state index contributed by atoms with van der Waals surface area (Å²) in [7, 11) is 0. The molecule has 3 rings (SSSR count). The maximum Gasteiger partial charge on any atom is 0.336 e. The molecule has 0 aliphatic carbocycles. The second kappa shape index (κ2) is 13.2. The average molecular weight is 530 g/mol. The van der Waals surface area contributed by atoms with Crippen molar-refractivity contribution in [1.82, 2.24) is 4.90 Å². The van der Waals surface area contributed by atoms with Crippen LogP contribution in [-0.4, -0.2) is 72.1 Å². The molecule has 0 amide bonds. The molecule has 2 aromatic carbocycles. The van der Waals surface area contributed by atoms with Crippen LogP contribution in [0.2, 0.25) is 0 Å². The van der Waals surface area contributed by atoms with Gasteiger partial charge < -0.3 is 30.6 Å². The van der Waals surface area contributed by atoms with Gasteiger partial charge in [-0.15, -0.1) is 6.58 Å². The number of aryl methyl sites for hydroxylation is 1. The fourth-order valence-corrected chi connectivity index (χ4v) is 4.28. The van der Waals surface area contributed by atoms with Gasteiger partial charge in [0.15, 0.2) is 5.60 Å². The Balaban J connectivity index is 0.000000332. The Hall–Kier alpha value is -3.73. The number of allylic oxidation sites excluding steroid dienone is 1. The summed E-state index contributed by atoms with van der Waals surface area (Å²) in [5, 5.41) is 55.2. The lowest BCUT2D eigenvalue weighted by Crippen LogP contribution is -2.42. The van der Waals surface area contributed by atoms with Crippen LogP contribution in [0.25, 0.3) is 0 Å². The first-order valence-corrected chi connectivity index (χ1v) is 12.1. The number of rotatable bonds is 10. The number of hydrogen-bond acceptors (Lipinski definition) is 7. The fraction of sp³-hybridized carbons (Fsp3) is 0.393. The molecule has 1 saturated heterocycles. The first kappa shape index (κ1) is 30.5. The zero-order valence-electron chi connectivity index (χ0n) is 21.3. The number of carboxylic acid groups (broad SMARTS) is 3. The first-order chi connectivity index (χ1) is 17.8. The van der Waals surface area contributed by atoms with Crippen LogP contribution in [0.3, 0.4) is 0 Å². The van der Waals surface area contributed by atoms with Gasteiger partial charge in [-0.05, 0) is 37.3 Å². The SMILES string of the molecule is C=CCc1cccc(CN2CCC(O)(c3ccc(C)cc3)CC2)c1O.O=C(O)CC(O)(CC(=O)O)C(=O)O. The lowest BCUT2D eigenvalue weighted by Gasteiger charge is -2.38. The van der Waals surface area contributed by atoms with Gasteiger partial charge in [0.2, 0.25) is 0 Å². The van der Waals surface area contributed by atoms with Crippen LogP contribution in [-0.2, 0) is 33.0 Å². The third kappa shape index (κ3) is 8.41. The lowest BCUT2D eigenvalue weighted by atomic mass is 9.84. The molecule has 1 aliphatic rings. The van der Waals surface area contributed by atoms with E-state index in [0.717, 1.165) is 29.8 Å². The topological polar surface area (TPSA) is 176 Å². The molecular formula is C28H35NO9. The number of likely N-dealkylation sites (tertiary alicyclic amines) is 1. The number of para-hydroxylation sites is 1. The number of nitrogens with zero attached hydrogens (tertiary/aromatic N) is 1. The number of aliphatic carboxylic acids is 3. The maximum absolute atomic E-state index is 11.0. The van der Waals surface area contributed by atoms with Gasteiger partial charge in [-0.3, -0.25) is 14.5 Å². The van der Waals surface area contributed by atoms with E-state index in [1.807, 2.05) is 30.3 Å². The average Bonchev–Trinajstić information content (AvgIpc) is 2.83. The highest BCUT2D eigenvalue weighted by atomic mass is 16.4. The van der Waals surface area contributed by atoms with Crippen LogP contribution < -0.4 is 0 Å². The summed E-state index contributed by atoms with van der Waals surface area (Å²) >= 11 is 0. The maximum atomic E-state index is 11.0. The minimum Gasteiger partial charge on any atom is -0.507 e. The monoisotopic (exact) mass is 529 g/mol. The Morgan fingerprint density at radius 1 is 0.974 bits per heavy atom. The Morgan fingerprint density at radius 3 is 1.97 bits per heavy atom. The summed E-state index contributed by atoms with van der Waals surface area (Å²) in [6.07, 6.45) is 1.61. The molecule has 0 bridgehead atoms. The molecule has 0 unspecified atom stereocenters. The van der Waals surface area contributed by atoms with Crippen molar-refractivity contribution in [2.24, 2.45) is 0 Å². The van der Waals surface area contributed by atoms with Gasteiger partial charge in [0, 0.05) is 25.2 Å². The number of hydrogen-bond donors (Lipinski definition) is 6. The molecule has 0 radical (unpaired) electrons. The molecule has 10 nitrogen and oxygen atoms in total. The highest BCUT2D eigenvalue weighted by Gasteiger charge is 2.40. The largest absolute Gasteiger partial charge is 0.507 e. The number of carboxylic acids is 3. The molecule has 0 spiro atoms. The fourth-order valence-electron chi connectivity index (χ4n) is 4.28. The zero-order chi connectivity index (χ0) is 28.5. The second-order valence-corrected chi connectivity index (χ2v) is 9.57. The van der Waals surface area contributed by atoms with Crippen LogP contribution in [0.15, 0.2) is 55.1 Å². The smallest absolute Gasteiger partial charge is 0.336 e. The number of phenols is 1. The van der Waals surface area contributed by atoms with Gasteiger partial charge >= 0.3 is 17.9 Å². The lowest BCUT2D eigenvalue weighted by molar-refractivity contribution is -0.170. The van der Waals surface area contributed by atoms with E-state index in [1.54, 1.807) is 6.08 Å². The second-order valence-electron chi connectivity index (χ2n) is 9.57. The third-order valence-electron chi connectivity index (χ3n) is 6.52. The molecule has 0 atom stereocenters. The molecule has 6 N–H and O–H groups in total. The molecule has 0 saturated carbocycles. The normalized spacial score (nSPS) is 15.1. The Kier molecular flexibility index (Phi) is 10.6. The number of phenolic OH excluding ortho intramolecular Hbond substituents is 1. The van der Waals surface area contributed by atoms with Crippen LogP contribution >= 0.6 is 0 Å². The summed E-state index contributed by atoms with van der Waals surface area (Å²) in [5.74, 6) is -4.64. The number of benzene rings is 2. The summed E-state index contributed by atoms with van der Waals surface area (Å²) in [4.78, 5) is 32.8. The van der Waals surface area contributed by atoms with Crippen molar-refractivity contribution in [3.63, 3.8) is 0 Å². The minimum absolute atomic E-state index is 0.377. The number of piperidine rings is 1. The highest BCUT2D eigenvalue weighted by Crippen LogP contribution is 2.34. The molecular weight excluding hydrogens is 494 g/mol. The summed E-state index contributed by atoms with van der Waals surface area (Å²) < 4.78 is 0. The molecule has 206 valence electrons. The standard InChI is InChI=1S/C22H27NO2.C6H8O7/c1-3-5-18-6-4-7-19(21(18)24)16-23-14-12-22(25,13-15-23)20-10-8-17(2)9-11-20;7-3(8)1-6(13,5(11)12)2-4(9)10/h3-4,6-11,24-25H,1,5,12-16H2,2H3;13H,1-2H2,(H,7,8)(H,9,10)(H,11,12). The van der Waals surface area contributed by atoms with Crippen molar-refractivity contribution in [1.29, 1.82) is 0 Å². The van der Waals surface area contributed by atoms with E-state index in [4.69, 9.17) is 20.4 Å². The van der Waals surface area contributed by atoms with Crippen LogP contribution in [0.1, 0.15) is 47.9 Å². The van der Waals surface area contributed by atoms with Gasteiger partial charge in [-0.2, -0.15) is 0 Å². The van der Waals surface area contributed by atoms with E-state index < -0.39 is 42.0 Å². The van der Waals surface area contributed by atoms with Gasteiger partial charge in [0.05, 0.1) is 18.4 Å². The number of carbonyl (C=O) groups is 3. The van der Waals surface area contributed by atoms with E-state index in [-0.39, 0.29) is 0 Å². The van der Waals surface area contributed by atoms with Crippen molar-refractivity contribution in [2.75, 3.05) is 13.1 Å². The van der Waals surface area contributed by atoms with Gasteiger partial charge in [-0.25, -0.2) is 4.79 Å². The van der Waals surface area contributed by atoms with Crippen molar-refractivity contribution in [3.8, 4) is 5.75 Å². The van der Waals surface area contributed by atoms with Crippen LogP contribution in [0.5, 0.6) is 5.75 Å². The van der Waals surface area contributed by atoms with Crippen LogP contribution in [0, 0.1) is 6.92 Å². The number of aromatic hydroxyl groups is 1. The van der Waals surface area contributed by atoms with E-state index >= 15 is 0 Å². The summed E-state index contributed by atoms with van der Waals surface area (Å²) in [5.41, 5.74) is 0.600. The summed E-state index contributed by atoms with van der Waals surface area (Å²) in [6, 6.07) is 14.1. The molecule has 0 aromatic heterocycles. The molecule has 1 heterocycles. The van der Waals surface area contributed by atoms with Crippen molar-refractivity contribution >= 4 is 17.9 Å².